The van der Waals surface area contributed by atoms with Crippen molar-refractivity contribution < 1.29 is 14.3 Å². The molecule has 1 saturated heterocycles. The van der Waals surface area contributed by atoms with Gasteiger partial charge in [0.25, 0.3) is 0 Å². The zero-order chi connectivity index (χ0) is 19.6. The number of likely N-dealkylation sites (tertiary alicyclic amines) is 1. The lowest BCUT2D eigenvalue weighted by Crippen LogP contribution is -2.48. The highest BCUT2D eigenvalue weighted by Crippen LogP contribution is 2.28. The Kier molecular flexibility index (Phi) is 8.45. The summed E-state index contributed by atoms with van der Waals surface area (Å²) in [6, 6.07) is 6.53. The Bertz CT molecular complexity index is 634. The fourth-order valence-electron chi connectivity index (χ4n) is 3.05. The van der Waals surface area contributed by atoms with E-state index in [1.807, 2.05) is 30.0 Å². The Morgan fingerprint density at radius 2 is 2.00 bits per heavy atom. The summed E-state index contributed by atoms with van der Waals surface area (Å²) < 4.78 is 11.3. The van der Waals surface area contributed by atoms with E-state index < -0.39 is 0 Å². The maximum atomic E-state index is 11.9. The minimum absolute atomic E-state index is 0.0457. The molecule has 1 aromatic carbocycles. The molecule has 0 saturated carbocycles. The Hall–Kier alpha value is -2.21. The number of carbonyl (C=O) groups excluding carboxylic acids is 1. The molecule has 1 aliphatic rings. The number of hydrogen-bond acceptors (Lipinski definition) is 4. The maximum absolute atomic E-state index is 11.9. The van der Waals surface area contributed by atoms with E-state index in [9.17, 15) is 4.79 Å². The van der Waals surface area contributed by atoms with Gasteiger partial charge in [0, 0.05) is 32.2 Å². The SMILES string of the molecule is CCNC(=O)N1CCC(NCc2ccc(OCC=C(C)C)c(OC)c2)CC1. The number of allylic oxidation sites excluding steroid dienone is 1. The third-order valence-electron chi connectivity index (χ3n) is 4.66. The number of rotatable bonds is 8. The summed E-state index contributed by atoms with van der Waals surface area (Å²) >= 11 is 0. The number of urea groups is 1. The third-order valence-corrected chi connectivity index (χ3v) is 4.66. The van der Waals surface area contributed by atoms with Crippen LogP contribution in [0.15, 0.2) is 29.8 Å². The molecule has 1 aromatic rings. The van der Waals surface area contributed by atoms with E-state index >= 15 is 0 Å². The number of piperidine rings is 1. The van der Waals surface area contributed by atoms with Crippen LogP contribution in [0.3, 0.4) is 0 Å². The summed E-state index contributed by atoms with van der Waals surface area (Å²) in [4.78, 5) is 13.8. The van der Waals surface area contributed by atoms with Gasteiger partial charge in [-0.3, -0.25) is 0 Å². The predicted octanol–water partition coefficient (Wildman–Crippen LogP) is 3.32. The van der Waals surface area contributed by atoms with Crippen molar-refractivity contribution in [1.82, 2.24) is 15.5 Å². The number of methoxy groups -OCH3 is 1. The van der Waals surface area contributed by atoms with Crippen LogP contribution in [0.2, 0.25) is 0 Å². The molecule has 1 heterocycles. The van der Waals surface area contributed by atoms with Crippen LogP contribution < -0.4 is 20.1 Å². The average molecular weight is 376 g/mol. The first kappa shape index (κ1) is 21.1. The minimum atomic E-state index is 0.0457. The summed E-state index contributed by atoms with van der Waals surface area (Å²) in [5.74, 6) is 1.51. The van der Waals surface area contributed by atoms with Gasteiger partial charge < -0.3 is 25.0 Å². The molecule has 2 rings (SSSR count). The van der Waals surface area contributed by atoms with Gasteiger partial charge in [0.2, 0.25) is 0 Å². The number of nitrogens with zero attached hydrogens (tertiary/aromatic N) is 1. The molecule has 0 unspecified atom stereocenters. The lowest BCUT2D eigenvalue weighted by Gasteiger charge is -2.32. The van der Waals surface area contributed by atoms with Gasteiger partial charge in [-0.15, -0.1) is 0 Å². The van der Waals surface area contributed by atoms with Gasteiger partial charge in [-0.2, -0.15) is 0 Å². The van der Waals surface area contributed by atoms with Gasteiger partial charge in [0.1, 0.15) is 6.61 Å². The first-order valence-electron chi connectivity index (χ1n) is 9.72. The first-order chi connectivity index (χ1) is 13.0. The lowest BCUT2D eigenvalue weighted by molar-refractivity contribution is 0.176. The fourth-order valence-corrected chi connectivity index (χ4v) is 3.05. The van der Waals surface area contributed by atoms with Crippen molar-refractivity contribution in [2.45, 2.75) is 46.2 Å². The summed E-state index contributed by atoms with van der Waals surface area (Å²) in [5.41, 5.74) is 2.39. The Labute approximate surface area is 162 Å². The van der Waals surface area contributed by atoms with Crippen LogP contribution in [-0.4, -0.2) is 50.3 Å². The molecule has 6 heteroatoms. The van der Waals surface area contributed by atoms with Gasteiger partial charge >= 0.3 is 6.03 Å². The summed E-state index contributed by atoms with van der Waals surface area (Å²) in [6.45, 7) is 9.63. The highest BCUT2D eigenvalue weighted by molar-refractivity contribution is 5.74. The van der Waals surface area contributed by atoms with Crippen LogP contribution in [0.4, 0.5) is 4.79 Å². The van der Waals surface area contributed by atoms with Crippen LogP contribution in [-0.2, 0) is 6.54 Å². The summed E-state index contributed by atoms with van der Waals surface area (Å²) in [5, 5.41) is 6.46. The molecular weight excluding hydrogens is 342 g/mol. The van der Waals surface area contributed by atoms with Crippen molar-refractivity contribution in [3.63, 3.8) is 0 Å². The van der Waals surface area contributed by atoms with Gasteiger partial charge in [0.15, 0.2) is 11.5 Å². The summed E-state index contributed by atoms with van der Waals surface area (Å²) in [6.07, 6.45) is 3.98. The molecule has 1 aliphatic heterocycles. The largest absolute Gasteiger partial charge is 0.493 e. The van der Waals surface area contributed by atoms with Crippen molar-refractivity contribution in [1.29, 1.82) is 0 Å². The second-order valence-electron chi connectivity index (χ2n) is 7.06. The number of nitrogens with one attached hydrogen (secondary N) is 2. The molecular formula is C21H33N3O3. The number of carbonyl (C=O) groups is 1. The fraction of sp³-hybridized carbons (Fsp3) is 0.571. The van der Waals surface area contributed by atoms with E-state index in [0.29, 0.717) is 19.2 Å². The van der Waals surface area contributed by atoms with E-state index in [0.717, 1.165) is 49.5 Å². The van der Waals surface area contributed by atoms with E-state index in [2.05, 4.69) is 30.5 Å². The zero-order valence-corrected chi connectivity index (χ0v) is 17.0. The normalized spacial score (nSPS) is 14.6. The number of amides is 2. The van der Waals surface area contributed by atoms with E-state index in [4.69, 9.17) is 9.47 Å². The highest BCUT2D eigenvalue weighted by atomic mass is 16.5. The van der Waals surface area contributed by atoms with E-state index in [1.165, 1.54) is 5.57 Å². The Morgan fingerprint density at radius 3 is 2.63 bits per heavy atom. The maximum Gasteiger partial charge on any atom is 0.317 e. The number of benzene rings is 1. The molecule has 27 heavy (non-hydrogen) atoms. The van der Waals surface area contributed by atoms with E-state index in [-0.39, 0.29) is 6.03 Å². The molecule has 2 N–H and O–H groups in total. The average Bonchev–Trinajstić information content (AvgIpc) is 2.67. The molecule has 0 bridgehead atoms. The smallest absolute Gasteiger partial charge is 0.317 e. The number of ether oxygens (including phenoxy) is 2. The van der Waals surface area contributed by atoms with Gasteiger partial charge in [-0.05, 0) is 57.4 Å². The van der Waals surface area contributed by atoms with Crippen LogP contribution in [0.5, 0.6) is 11.5 Å². The van der Waals surface area contributed by atoms with Gasteiger partial charge in [0.05, 0.1) is 7.11 Å². The Morgan fingerprint density at radius 1 is 1.26 bits per heavy atom. The molecule has 0 aliphatic carbocycles. The quantitative estimate of drug-likeness (QED) is 0.684. The molecule has 150 valence electrons. The molecule has 2 amide bonds. The zero-order valence-electron chi connectivity index (χ0n) is 17.0. The van der Waals surface area contributed by atoms with Crippen LogP contribution in [0, 0.1) is 0 Å². The second-order valence-corrected chi connectivity index (χ2v) is 7.06. The topological polar surface area (TPSA) is 62.8 Å². The van der Waals surface area contributed by atoms with Crippen LogP contribution in [0.25, 0.3) is 0 Å². The van der Waals surface area contributed by atoms with Crippen molar-refractivity contribution in [2.24, 2.45) is 0 Å². The standard InChI is InChI=1S/C21H33N3O3/c1-5-22-21(25)24-11-8-18(9-12-24)23-15-17-6-7-19(20(14-17)26-4)27-13-10-16(2)3/h6-7,10,14,18,23H,5,8-9,11-13,15H2,1-4H3,(H,22,25). The molecule has 0 spiro atoms. The monoisotopic (exact) mass is 375 g/mol. The minimum Gasteiger partial charge on any atom is -0.493 e. The molecule has 6 nitrogen and oxygen atoms in total. The van der Waals surface area contributed by atoms with Gasteiger partial charge in [-0.1, -0.05) is 11.6 Å². The van der Waals surface area contributed by atoms with Gasteiger partial charge in [-0.25, -0.2) is 4.79 Å². The van der Waals surface area contributed by atoms with Crippen molar-refractivity contribution in [3.05, 3.63) is 35.4 Å². The first-order valence-corrected chi connectivity index (χ1v) is 9.72. The lowest BCUT2D eigenvalue weighted by atomic mass is 10.0. The molecule has 0 aromatic heterocycles. The number of hydrogen-bond donors (Lipinski definition) is 2. The molecule has 0 radical (unpaired) electrons. The van der Waals surface area contributed by atoms with Crippen LogP contribution in [0.1, 0.15) is 39.2 Å². The van der Waals surface area contributed by atoms with Crippen molar-refractivity contribution in [3.8, 4) is 11.5 Å². The molecule has 1 fully saturated rings. The Balaban J connectivity index is 1.82. The predicted molar refractivity (Wildman–Crippen MR) is 108 cm³/mol. The van der Waals surface area contributed by atoms with Crippen LogP contribution >= 0.6 is 0 Å². The van der Waals surface area contributed by atoms with E-state index in [1.54, 1.807) is 7.11 Å². The highest BCUT2D eigenvalue weighted by Gasteiger charge is 2.22. The second kappa shape index (κ2) is 10.8. The third kappa shape index (κ3) is 6.79. The van der Waals surface area contributed by atoms with Crippen molar-refractivity contribution in [2.75, 3.05) is 33.4 Å². The summed E-state index contributed by atoms with van der Waals surface area (Å²) in [7, 11) is 1.66. The van der Waals surface area contributed by atoms with Crippen molar-refractivity contribution >= 4 is 6.03 Å². The molecule has 0 atom stereocenters.